The van der Waals surface area contributed by atoms with Crippen LogP contribution in [0.5, 0.6) is 0 Å². The molecule has 0 aliphatic heterocycles. The smallest absolute Gasteiger partial charge is 0.235 e. The quantitative estimate of drug-likeness (QED) is 0.207. The number of nitrogens with zero attached hydrogens (tertiary/aromatic N) is 5. The predicted octanol–water partition coefficient (Wildman–Crippen LogP) is 10.0. The summed E-state index contributed by atoms with van der Waals surface area (Å²) in [5, 5.41) is 7.17. The molecule has 10 rings (SSSR count). The Kier molecular flexibility index (Phi) is 5.22. The molecule has 6 aromatic carbocycles. The molecule has 0 N–H and O–H groups in total. The fourth-order valence-electron chi connectivity index (χ4n) is 7.10. The molecule has 46 heavy (non-hydrogen) atoms. The van der Waals surface area contributed by atoms with E-state index in [4.69, 9.17) is 15.0 Å². The van der Waals surface area contributed by atoms with Gasteiger partial charge < -0.3 is 4.57 Å². The van der Waals surface area contributed by atoms with E-state index in [-0.39, 0.29) is 0 Å². The molecular weight excluding hydrogens is 562 g/mol. The minimum absolute atomic E-state index is 0.626. The van der Waals surface area contributed by atoms with Crippen molar-refractivity contribution in [3.8, 4) is 22.9 Å². The van der Waals surface area contributed by atoms with Crippen LogP contribution in [0.3, 0.4) is 0 Å². The molecule has 0 saturated heterocycles. The first-order valence-corrected chi connectivity index (χ1v) is 15.5. The van der Waals surface area contributed by atoms with Gasteiger partial charge in [0.25, 0.3) is 0 Å². The molecule has 0 aliphatic carbocycles. The normalized spacial score (nSPS) is 11.9. The number of para-hydroxylation sites is 3. The topological polar surface area (TPSA) is 48.5 Å². The highest BCUT2D eigenvalue weighted by atomic mass is 15.2. The molecule has 214 valence electrons. The first kappa shape index (κ1) is 25.0. The fraction of sp³-hybridized carbons (Fsp3) is 0. The number of benzene rings is 6. The number of aromatic nitrogens is 5. The molecular formula is C41H25N5. The Bertz CT molecular complexity index is 2810. The number of fused-ring (bicyclic) bond motifs is 8. The van der Waals surface area contributed by atoms with Crippen molar-refractivity contribution in [2.45, 2.75) is 0 Å². The maximum Gasteiger partial charge on any atom is 0.235 e. The molecule has 0 saturated carbocycles. The van der Waals surface area contributed by atoms with E-state index in [2.05, 4.69) is 143 Å². The minimum Gasteiger partial charge on any atom is -0.309 e. The van der Waals surface area contributed by atoms with Crippen molar-refractivity contribution in [1.82, 2.24) is 24.1 Å². The minimum atomic E-state index is 0.626. The summed E-state index contributed by atoms with van der Waals surface area (Å²) in [5.41, 5.74) is 8.94. The van der Waals surface area contributed by atoms with E-state index in [0.717, 1.165) is 44.5 Å². The Hall–Kier alpha value is -6.33. The summed E-state index contributed by atoms with van der Waals surface area (Å²) in [7, 11) is 0. The molecule has 0 bridgehead atoms. The molecule has 0 radical (unpaired) electrons. The standard InChI is InChI=1S/C41H25N5/c1-2-13-29(14-3-1)45-35-18-8-6-15-30(35)32-21-20-28(25-37(32)45)39-40-34(17-10-22-42-40)43-41(44-39)46-36-19-9-7-16-31(36)33-23-26-11-4-5-12-27(26)24-38(33)46/h1-25H. The molecule has 5 nitrogen and oxygen atoms in total. The SMILES string of the molecule is c1ccc(-n2c3ccccc3c3ccc(-c4nc(-n5c6ccccc6c6cc7ccccc7cc65)nc5cccnc45)cc32)cc1. The average molecular weight is 588 g/mol. The largest absolute Gasteiger partial charge is 0.309 e. The van der Waals surface area contributed by atoms with E-state index in [0.29, 0.717) is 5.95 Å². The molecule has 0 unspecified atom stereocenters. The number of hydrogen-bond acceptors (Lipinski definition) is 3. The lowest BCUT2D eigenvalue weighted by Gasteiger charge is -2.12. The van der Waals surface area contributed by atoms with Gasteiger partial charge in [0, 0.05) is 39.0 Å². The Balaban J connectivity index is 1.28. The lowest BCUT2D eigenvalue weighted by atomic mass is 10.1. The van der Waals surface area contributed by atoms with Crippen LogP contribution < -0.4 is 0 Å². The number of pyridine rings is 1. The zero-order valence-corrected chi connectivity index (χ0v) is 24.7. The number of hydrogen-bond donors (Lipinski definition) is 0. The highest BCUT2D eigenvalue weighted by Gasteiger charge is 2.20. The van der Waals surface area contributed by atoms with Crippen LogP contribution in [0.25, 0.3) is 88.3 Å². The highest BCUT2D eigenvalue weighted by Crippen LogP contribution is 2.38. The summed E-state index contributed by atoms with van der Waals surface area (Å²) in [6, 6.07) is 51.3. The van der Waals surface area contributed by atoms with Gasteiger partial charge in [0.05, 0.1) is 27.6 Å². The molecule has 0 atom stereocenters. The van der Waals surface area contributed by atoms with Crippen LogP contribution in [0.4, 0.5) is 0 Å². The van der Waals surface area contributed by atoms with Crippen LogP contribution in [0.15, 0.2) is 152 Å². The van der Waals surface area contributed by atoms with Gasteiger partial charge in [0.15, 0.2) is 0 Å². The van der Waals surface area contributed by atoms with Crippen molar-refractivity contribution in [1.29, 1.82) is 0 Å². The zero-order chi connectivity index (χ0) is 30.2. The molecule has 0 amide bonds. The van der Waals surface area contributed by atoms with E-state index in [1.807, 2.05) is 18.3 Å². The summed E-state index contributed by atoms with van der Waals surface area (Å²) < 4.78 is 4.54. The summed E-state index contributed by atoms with van der Waals surface area (Å²) in [4.78, 5) is 15.3. The first-order chi connectivity index (χ1) is 22.8. The first-order valence-electron chi connectivity index (χ1n) is 15.5. The monoisotopic (exact) mass is 587 g/mol. The van der Waals surface area contributed by atoms with Crippen molar-refractivity contribution in [2.75, 3.05) is 0 Å². The lowest BCUT2D eigenvalue weighted by molar-refractivity contribution is 1.01. The van der Waals surface area contributed by atoms with Crippen LogP contribution in [0.2, 0.25) is 0 Å². The molecule has 10 aromatic rings. The summed E-state index contributed by atoms with van der Waals surface area (Å²) in [5.74, 6) is 0.626. The van der Waals surface area contributed by atoms with Crippen molar-refractivity contribution in [3.63, 3.8) is 0 Å². The van der Waals surface area contributed by atoms with Crippen LogP contribution in [0, 0.1) is 0 Å². The van der Waals surface area contributed by atoms with Crippen molar-refractivity contribution in [3.05, 3.63) is 152 Å². The van der Waals surface area contributed by atoms with E-state index < -0.39 is 0 Å². The lowest BCUT2D eigenvalue weighted by Crippen LogP contribution is -2.04. The van der Waals surface area contributed by atoms with Gasteiger partial charge in [0.1, 0.15) is 11.2 Å². The molecule has 4 aromatic heterocycles. The summed E-state index contributed by atoms with van der Waals surface area (Å²) in [6.07, 6.45) is 1.82. The van der Waals surface area contributed by atoms with Crippen LogP contribution in [-0.4, -0.2) is 24.1 Å². The van der Waals surface area contributed by atoms with E-state index in [1.54, 1.807) is 0 Å². The second kappa shape index (κ2) is 9.58. The second-order valence-electron chi connectivity index (χ2n) is 11.7. The molecule has 0 aliphatic rings. The highest BCUT2D eigenvalue weighted by molar-refractivity contribution is 6.14. The average Bonchev–Trinajstić information content (AvgIpc) is 3.62. The van der Waals surface area contributed by atoms with Gasteiger partial charge in [-0.1, -0.05) is 91.0 Å². The third-order valence-corrected chi connectivity index (χ3v) is 9.14. The molecule has 0 spiro atoms. The summed E-state index contributed by atoms with van der Waals surface area (Å²) >= 11 is 0. The van der Waals surface area contributed by atoms with Crippen LogP contribution >= 0.6 is 0 Å². The van der Waals surface area contributed by atoms with Crippen molar-refractivity contribution >= 4 is 65.4 Å². The fourth-order valence-corrected chi connectivity index (χ4v) is 7.10. The third kappa shape index (κ3) is 3.60. The Morgan fingerprint density at radius 1 is 0.435 bits per heavy atom. The van der Waals surface area contributed by atoms with Gasteiger partial charge in [-0.3, -0.25) is 9.55 Å². The van der Waals surface area contributed by atoms with Crippen LogP contribution in [-0.2, 0) is 0 Å². The Labute approximate surface area is 263 Å². The van der Waals surface area contributed by atoms with Gasteiger partial charge in [-0.25, -0.2) is 9.97 Å². The van der Waals surface area contributed by atoms with E-state index in [1.165, 1.54) is 37.8 Å². The maximum atomic E-state index is 5.34. The van der Waals surface area contributed by atoms with Gasteiger partial charge in [-0.15, -0.1) is 0 Å². The van der Waals surface area contributed by atoms with Gasteiger partial charge in [-0.05, 0) is 65.4 Å². The van der Waals surface area contributed by atoms with Gasteiger partial charge in [-0.2, -0.15) is 0 Å². The summed E-state index contributed by atoms with van der Waals surface area (Å²) in [6.45, 7) is 0. The van der Waals surface area contributed by atoms with Gasteiger partial charge in [0.2, 0.25) is 5.95 Å². The molecule has 4 heterocycles. The van der Waals surface area contributed by atoms with Crippen molar-refractivity contribution < 1.29 is 0 Å². The Morgan fingerprint density at radius 3 is 1.91 bits per heavy atom. The third-order valence-electron chi connectivity index (χ3n) is 9.14. The number of rotatable bonds is 3. The Morgan fingerprint density at radius 2 is 1.09 bits per heavy atom. The molecule has 5 heteroatoms. The molecule has 0 fully saturated rings. The van der Waals surface area contributed by atoms with Crippen molar-refractivity contribution in [2.24, 2.45) is 0 Å². The predicted molar refractivity (Wildman–Crippen MR) is 189 cm³/mol. The van der Waals surface area contributed by atoms with E-state index >= 15 is 0 Å². The van der Waals surface area contributed by atoms with E-state index in [9.17, 15) is 0 Å². The van der Waals surface area contributed by atoms with Gasteiger partial charge >= 0.3 is 0 Å². The maximum absolute atomic E-state index is 5.34. The zero-order valence-electron chi connectivity index (χ0n) is 24.7. The van der Waals surface area contributed by atoms with Crippen LogP contribution in [0.1, 0.15) is 0 Å². The second-order valence-corrected chi connectivity index (χ2v) is 11.7.